The van der Waals surface area contributed by atoms with E-state index in [9.17, 15) is 13.2 Å². The van der Waals surface area contributed by atoms with E-state index in [0.717, 1.165) is 34.5 Å². The molecule has 156 valence electrons. The fraction of sp³-hybridized carbons (Fsp3) is 0.227. The van der Waals surface area contributed by atoms with Crippen molar-refractivity contribution in [3.8, 4) is 0 Å². The summed E-state index contributed by atoms with van der Waals surface area (Å²) in [6.07, 6.45) is 1.69. The molecule has 8 heteroatoms. The van der Waals surface area contributed by atoms with Crippen molar-refractivity contribution in [1.29, 1.82) is 0 Å². The average molecular weight is 444 g/mol. The first-order valence-electron chi connectivity index (χ1n) is 9.54. The van der Waals surface area contributed by atoms with Gasteiger partial charge in [0, 0.05) is 11.4 Å². The molecule has 0 unspecified atom stereocenters. The minimum Gasteiger partial charge on any atom is -0.477 e. The summed E-state index contributed by atoms with van der Waals surface area (Å²) in [5.41, 5.74) is 2.66. The van der Waals surface area contributed by atoms with Gasteiger partial charge in [0.2, 0.25) is 0 Å². The maximum Gasteiger partial charge on any atom is 0.345 e. The highest BCUT2D eigenvalue weighted by Gasteiger charge is 2.28. The standard InChI is InChI=1S/C22H21NO5S2/c24-22(25)21-12-9-18(29-21)15-28-14-16-7-10-19(11-8-16)30(26,27)23-13-3-5-17-4-1-2-6-20(17)23/h1-2,4,6-12H,3,5,13-15H2,(H,24,25). The SMILES string of the molecule is O=C(O)c1ccc(COCc2ccc(S(=O)(=O)N3CCCc4ccccc43)cc2)s1. The first-order valence-corrected chi connectivity index (χ1v) is 11.8. The Balaban J connectivity index is 1.42. The van der Waals surface area contributed by atoms with Crippen molar-refractivity contribution in [3.63, 3.8) is 0 Å². The summed E-state index contributed by atoms with van der Waals surface area (Å²) in [6, 6.07) is 17.6. The van der Waals surface area contributed by atoms with Crippen molar-refractivity contribution in [3.05, 3.63) is 81.5 Å². The Morgan fingerprint density at radius 3 is 2.53 bits per heavy atom. The van der Waals surface area contributed by atoms with Crippen LogP contribution in [0, 0.1) is 0 Å². The van der Waals surface area contributed by atoms with Crippen LogP contribution in [0.15, 0.2) is 65.6 Å². The van der Waals surface area contributed by atoms with E-state index in [1.807, 2.05) is 24.3 Å². The van der Waals surface area contributed by atoms with Gasteiger partial charge < -0.3 is 9.84 Å². The lowest BCUT2D eigenvalue weighted by Crippen LogP contribution is -2.35. The summed E-state index contributed by atoms with van der Waals surface area (Å²) >= 11 is 1.18. The third-order valence-corrected chi connectivity index (χ3v) is 7.84. The van der Waals surface area contributed by atoms with Crippen LogP contribution < -0.4 is 4.31 Å². The number of carbonyl (C=O) groups is 1. The first-order chi connectivity index (χ1) is 14.4. The molecule has 0 aliphatic carbocycles. The lowest BCUT2D eigenvalue weighted by Gasteiger charge is -2.30. The topological polar surface area (TPSA) is 83.9 Å². The minimum absolute atomic E-state index is 0.257. The van der Waals surface area contributed by atoms with E-state index in [4.69, 9.17) is 9.84 Å². The zero-order valence-electron chi connectivity index (χ0n) is 16.2. The molecule has 6 nitrogen and oxygen atoms in total. The quantitative estimate of drug-likeness (QED) is 0.588. The Hall–Kier alpha value is -2.68. The van der Waals surface area contributed by atoms with Gasteiger partial charge in [-0.25, -0.2) is 13.2 Å². The largest absolute Gasteiger partial charge is 0.477 e. The van der Waals surface area contributed by atoms with Crippen LogP contribution in [-0.4, -0.2) is 26.0 Å². The van der Waals surface area contributed by atoms with Crippen LogP contribution in [0.25, 0.3) is 0 Å². The lowest BCUT2D eigenvalue weighted by molar-refractivity contribution is 0.0702. The van der Waals surface area contributed by atoms with Crippen LogP contribution in [0.5, 0.6) is 0 Å². The van der Waals surface area contributed by atoms with Crippen molar-refractivity contribution in [2.45, 2.75) is 31.0 Å². The number of aryl methyl sites for hydroxylation is 1. The molecular weight excluding hydrogens is 422 g/mol. The Morgan fingerprint density at radius 1 is 1.03 bits per heavy atom. The van der Waals surface area contributed by atoms with Gasteiger partial charge in [-0.15, -0.1) is 11.3 Å². The van der Waals surface area contributed by atoms with E-state index in [1.165, 1.54) is 15.6 Å². The number of aromatic carboxylic acids is 1. The summed E-state index contributed by atoms with van der Waals surface area (Å²) in [5.74, 6) is -0.945. The van der Waals surface area contributed by atoms with Gasteiger partial charge in [0.15, 0.2) is 0 Å². The third kappa shape index (κ3) is 4.26. The van der Waals surface area contributed by atoms with Crippen LogP contribution in [0.3, 0.4) is 0 Å². The monoisotopic (exact) mass is 443 g/mol. The molecule has 1 aliphatic rings. The molecule has 0 fully saturated rings. The van der Waals surface area contributed by atoms with Crippen molar-refractivity contribution < 1.29 is 23.1 Å². The molecule has 30 heavy (non-hydrogen) atoms. The molecule has 2 aromatic carbocycles. The second-order valence-corrected chi connectivity index (χ2v) is 10.0. The number of carboxylic acid groups (broad SMARTS) is 1. The number of carboxylic acids is 1. The van der Waals surface area contributed by atoms with Crippen LogP contribution in [-0.2, 0) is 34.4 Å². The number of rotatable bonds is 7. The van der Waals surface area contributed by atoms with E-state index in [0.29, 0.717) is 19.8 Å². The van der Waals surface area contributed by atoms with Crippen molar-refractivity contribution in [2.24, 2.45) is 0 Å². The van der Waals surface area contributed by atoms with Gasteiger partial charge in [-0.3, -0.25) is 4.31 Å². The maximum atomic E-state index is 13.2. The lowest BCUT2D eigenvalue weighted by atomic mass is 10.0. The Morgan fingerprint density at radius 2 is 1.80 bits per heavy atom. The van der Waals surface area contributed by atoms with E-state index in [1.54, 1.807) is 36.4 Å². The van der Waals surface area contributed by atoms with E-state index in [2.05, 4.69) is 0 Å². The summed E-state index contributed by atoms with van der Waals surface area (Å²) in [7, 11) is -3.62. The zero-order valence-corrected chi connectivity index (χ0v) is 17.8. The highest BCUT2D eigenvalue weighted by molar-refractivity contribution is 7.92. The van der Waals surface area contributed by atoms with Gasteiger partial charge in [0.05, 0.1) is 23.8 Å². The first kappa shape index (κ1) is 20.6. The predicted molar refractivity (Wildman–Crippen MR) is 116 cm³/mol. The molecular formula is C22H21NO5S2. The molecule has 0 radical (unpaired) electrons. The van der Waals surface area contributed by atoms with Gasteiger partial charge in [-0.2, -0.15) is 0 Å². The number of benzene rings is 2. The van der Waals surface area contributed by atoms with Gasteiger partial charge in [-0.1, -0.05) is 30.3 Å². The number of thiophene rings is 1. The van der Waals surface area contributed by atoms with E-state index in [-0.39, 0.29) is 9.77 Å². The number of ether oxygens (including phenoxy) is 1. The summed E-state index contributed by atoms with van der Waals surface area (Å²) in [4.78, 5) is 12.3. The van der Waals surface area contributed by atoms with Gasteiger partial charge in [-0.05, 0) is 54.3 Å². The van der Waals surface area contributed by atoms with Crippen molar-refractivity contribution in [1.82, 2.24) is 0 Å². The minimum atomic E-state index is -3.62. The van der Waals surface area contributed by atoms with E-state index < -0.39 is 16.0 Å². The van der Waals surface area contributed by atoms with Gasteiger partial charge in [0.25, 0.3) is 10.0 Å². The molecule has 0 atom stereocenters. The van der Waals surface area contributed by atoms with Crippen molar-refractivity contribution in [2.75, 3.05) is 10.8 Å². The third-order valence-electron chi connectivity index (χ3n) is 4.96. The smallest absolute Gasteiger partial charge is 0.345 e. The average Bonchev–Trinajstić information content (AvgIpc) is 3.23. The number of hydrogen-bond acceptors (Lipinski definition) is 5. The van der Waals surface area contributed by atoms with Crippen LogP contribution in [0.4, 0.5) is 5.69 Å². The van der Waals surface area contributed by atoms with Gasteiger partial charge >= 0.3 is 5.97 Å². The summed E-state index contributed by atoms with van der Waals surface area (Å²) in [6.45, 7) is 1.10. The second-order valence-electron chi connectivity index (χ2n) is 7.02. The summed E-state index contributed by atoms with van der Waals surface area (Å²) in [5, 5.41) is 8.96. The van der Waals surface area contributed by atoms with Crippen LogP contribution in [0.1, 0.15) is 32.1 Å². The fourth-order valence-corrected chi connectivity index (χ4v) is 5.80. The normalized spacial score (nSPS) is 13.8. The maximum absolute atomic E-state index is 13.2. The number of fused-ring (bicyclic) bond motifs is 1. The number of hydrogen-bond donors (Lipinski definition) is 1. The summed E-state index contributed by atoms with van der Waals surface area (Å²) < 4.78 is 33.5. The molecule has 1 aromatic heterocycles. The molecule has 2 heterocycles. The Bertz CT molecular complexity index is 1150. The fourth-order valence-electron chi connectivity index (χ4n) is 3.47. The molecule has 0 amide bonds. The molecule has 0 spiro atoms. The molecule has 0 bridgehead atoms. The van der Waals surface area contributed by atoms with Gasteiger partial charge in [0.1, 0.15) is 4.88 Å². The highest BCUT2D eigenvalue weighted by Crippen LogP contribution is 2.31. The number of para-hydroxylation sites is 1. The van der Waals surface area contributed by atoms with Crippen LogP contribution >= 0.6 is 11.3 Å². The molecule has 1 aliphatic heterocycles. The van der Waals surface area contributed by atoms with Crippen LogP contribution in [0.2, 0.25) is 0 Å². The highest BCUT2D eigenvalue weighted by atomic mass is 32.2. The van der Waals surface area contributed by atoms with Crippen molar-refractivity contribution >= 4 is 33.0 Å². The molecule has 0 saturated carbocycles. The Kier molecular flexibility index (Phi) is 5.90. The molecule has 4 rings (SSSR count). The number of anilines is 1. The molecule has 3 aromatic rings. The molecule has 1 N–H and O–H groups in total. The van der Waals surface area contributed by atoms with E-state index >= 15 is 0 Å². The second kappa shape index (κ2) is 8.59. The predicted octanol–water partition coefficient (Wildman–Crippen LogP) is 4.30. The zero-order chi connectivity index (χ0) is 21.1. The molecule has 0 saturated heterocycles. The number of sulfonamides is 1. The number of nitrogens with zero attached hydrogens (tertiary/aromatic N) is 1. The Labute approximate surface area is 179 Å².